The van der Waals surface area contributed by atoms with Gasteiger partial charge in [0.1, 0.15) is 15.6 Å². The van der Waals surface area contributed by atoms with Gasteiger partial charge in [0.05, 0.1) is 25.6 Å². The Labute approximate surface area is 126 Å². The van der Waals surface area contributed by atoms with Crippen LogP contribution in [-0.2, 0) is 19.4 Å². The summed E-state index contributed by atoms with van der Waals surface area (Å²) in [7, 11) is -1.44. The van der Waals surface area contributed by atoms with Gasteiger partial charge in [0.25, 0.3) is 5.78 Å². The summed E-state index contributed by atoms with van der Waals surface area (Å²) >= 11 is 0. The second-order valence-electron chi connectivity index (χ2n) is 4.55. The zero-order valence-corrected chi connectivity index (χ0v) is 12.5. The van der Waals surface area contributed by atoms with Crippen molar-refractivity contribution in [2.24, 2.45) is 4.99 Å². The number of carbonyl (C=O) groups excluding carboxylic acids is 1. The highest BCUT2D eigenvalue weighted by Crippen LogP contribution is 2.40. The molecule has 3 rings (SSSR count). The average Bonchev–Trinajstić information content (AvgIpc) is 2.50. The molecule has 114 valence electrons. The zero-order chi connectivity index (χ0) is 16.1. The van der Waals surface area contributed by atoms with Crippen molar-refractivity contribution in [1.29, 1.82) is 0 Å². The molecular weight excluding hydrogens is 310 g/mol. The lowest BCUT2D eigenvalue weighted by atomic mass is 10.1. The minimum Gasteiger partial charge on any atom is -0.503 e. The smallest absolute Gasteiger partial charge is 0.263 e. The van der Waals surface area contributed by atoms with E-state index in [0.29, 0.717) is 5.75 Å². The van der Waals surface area contributed by atoms with Gasteiger partial charge in [-0.2, -0.15) is 0 Å². The zero-order valence-electron chi connectivity index (χ0n) is 11.7. The predicted molar refractivity (Wildman–Crippen MR) is 77.0 cm³/mol. The van der Waals surface area contributed by atoms with E-state index in [1.807, 2.05) is 0 Å². The van der Waals surface area contributed by atoms with E-state index in [2.05, 4.69) is 4.99 Å². The number of sulfone groups is 1. The van der Waals surface area contributed by atoms with Gasteiger partial charge in [0, 0.05) is 12.1 Å². The lowest BCUT2D eigenvalue weighted by molar-refractivity contribution is -0.117. The molecule has 0 radical (unpaired) electrons. The number of rotatable bonds is 2. The van der Waals surface area contributed by atoms with E-state index in [4.69, 9.17) is 9.47 Å². The van der Waals surface area contributed by atoms with Gasteiger partial charge in [-0.15, -0.1) is 0 Å². The Kier molecular flexibility index (Phi) is 3.06. The fourth-order valence-electron chi connectivity index (χ4n) is 2.26. The molecule has 7 nitrogen and oxygen atoms in total. The van der Waals surface area contributed by atoms with Crippen LogP contribution in [0.4, 0.5) is 5.69 Å². The van der Waals surface area contributed by atoms with E-state index in [1.54, 1.807) is 6.07 Å². The van der Waals surface area contributed by atoms with Gasteiger partial charge >= 0.3 is 0 Å². The largest absolute Gasteiger partial charge is 0.503 e. The third kappa shape index (κ3) is 1.84. The van der Waals surface area contributed by atoms with Crippen molar-refractivity contribution in [2.45, 2.75) is 4.90 Å². The summed E-state index contributed by atoms with van der Waals surface area (Å²) in [5.74, 6) is -1.64. The molecule has 0 unspecified atom stereocenters. The number of allylic oxidation sites excluding steroid dienone is 2. The number of hydrogen-bond donors (Lipinski definition) is 1. The maximum atomic E-state index is 12.7. The topological polar surface area (TPSA) is 102 Å². The Morgan fingerprint density at radius 2 is 1.91 bits per heavy atom. The monoisotopic (exact) mass is 321 g/mol. The number of nitrogens with zero attached hydrogens (tertiary/aromatic N) is 1. The Balaban J connectivity index is 2.35. The number of aliphatic imine (C=N–C) groups is 1. The van der Waals surface area contributed by atoms with Crippen molar-refractivity contribution < 1.29 is 27.8 Å². The molecule has 1 heterocycles. The lowest BCUT2D eigenvalue weighted by Gasteiger charge is -2.22. The number of methoxy groups -OCH3 is 2. The van der Waals surface area contributed by atoms with E-state index in [9.17, 15) is 18.3 Å². The van der Waals surface area contributed by atoms with Crippen LogP contribution in [0.15, 0.2) is 50.6 Å². The first kappa shape index (κ1) is 14.3. The number of carbonyl (C=O) groups is 1. The Morgan fingerprint density at radius 1 is 1.18 bits per heavy atom. The van der Waals surface area contributed by atoms with Crippen molar-refractivity contribution >= 4 is 27.0 Å². The minimum atomic E-state index is -4.09. The summed E-state index contributed by atoms with van der Waals surface area (Å²) in [5.41, 5.74) is 0.167. The van der Waals surface area contributed by atoms with Gasteiger partial charge in [-0.3, -0.25) is 4.79 Å². The molecule has 0 bridgehead atoms. The number of aliphatic hydroxyl groups is 1. The summed E-state index contributed by atoms with van der Waals surface area (Å²) in [6, 6.07) is 4.36. The molecule has 1 aromatic carbocycles. The Hall–Kier alpha value is -2.61. The first-order valence-corrected chi connectivity index (χ1v) is 7.64. The summed E-state index contributed by atoms with van der Waals surface area (Å²) < 4.78 is 35.2. The van der Waals surface area contributed by atoms with Crippen LogP contribution in [0.5, 0.6) is 5.75 Å². The molecule has 0 saturated carbocycles. The first-order chi connectivity index (χ1) is 10.4. The molecule has 0 amide bonds. The van der Waals surface area contributed by atoms with Gasteiger partial charge in [-0.1, -0.05) is 0 Å². The molecule has 1 aliphatic heterocycles. The van der Waals surface area contributed by atoms with E-state index in [-0.39, 0.29) is 22.1 Å². The molecule has 0 atom stereocenters. The van der Waals surface area contributed by atoms with Crippen LogP contribution in [0, 0.1) is 0 Å². The van der Waals surface area contributed by atoms with Crippen LogP contribution in [0.2, 0.25) is 0 Å². The number of fused-ring (bicyclic) bond motifs is 2. The first-order valence-electron chi connectivity index (χ1n) is 6.16. The third-order valence-electron chi connectivity index (χ3n) is 3.34. The quantitative estimate of drug-likeness (QED) is 0.827. The van der Waals surface area contributed by atoms with Gasteiger partial charge < -0.3 is 14.6 Å². The number of ether oxygens (including phenoxy) is 2. The van der Waals surface area contributed by atoms with Crippen LogP contribution in [0.1, 0.15) is 0 Å². The highest BCUT2D eigenvalue weighted by Gasteiger charge is 2.40. The second kappa shape index (κ2) is 4.70. The van der Waals surface area contributed by atoms with Crippen LogP contribution in [0.3, 0.4) is 0 Å². The molecule has 1 N–H and O–H groups in total. The molecule has 22 heavy (non-hydrogen) atoms. The molecular formula is C14H11NO6S. The number of benzene rings is 1. The van der Waals surface area contributed by atoms with Crippen LogP contribution in [0.25, 0.3) is 0 Å². The highest BCUT2D eigenvalue weighted by molar-refractivity contribution is 7.96. The predicted octanol–water partition coefficient (Wildman–Crippen LogP) is 1.44. The maximum Gasteiger partial charge on any atom is 0.263 e. The molecule has 1 aromatic rings. The molecule has 0 fully saturated rings. The molecule has 2 aliphatic rings. The maximum absolute atomic E-state index is 12.7. The van der Waals surface area contributed by atoms with Crippen LogP contribution >= 0.6 is 0 Å². The van der Waals surface area contributed by atoms with Gasteiger partial charge in [-0.25, -0.2) is 13.4 Å². The summed E-state index contributed by atoms with van der Waals surface area (Å²) in [5, 5.41) is 9.98. The van der Waals surface area contributed by atoms with Gasteiger partial charge in [-0.05, 0) is 12.1 Å². The van der Waals surface area contributed by atoms with Crippen molar-refractivity contribution in [2.75, 3.05) is 14.2 Å². The summed E-state index contributed by atoms with van der Waals surface area (Å²) in [4.78, 5) is 15.4. The fraction of sp³-hybridized carbons (Fsp3) is 0.143. The second-order valence-corrected chi connectivity index (χ2v) is 6.41. The molecule has 0 spiro atoms. The Morgan fingerprint density at radius 3 is 2.55 bits per heavy atom. The lowest BCUT2D eigenvalue weighted by Crippen LogP contribution is -2.27. The molecule has 0 aromatic heterocycles. The third-order valence-corrected chi connectivity index (χ3v) is 5.19. The molecule has 0 saturated heterocycles. The Bertz CT molecular complexity index is 892. The summed E-state index contributed by atoms with van der Waals surface area (Å²) in [6.07, 6.45) is 1.20. The van der Waals surface area contributed by atoms with E-state index >= 15 is 0 Å². The summed E-state index contributed by atoms with van der Waals surface area (Å²) in [6.45, 7) is 0. The SMILES string of the molecule is COC1=CC2=Nc3ccc(OC)cc3S(=O)(=O)C2=C(O)C1=O. The minimum absolute atomic E-state index is 0.0355. The van der Waals surface area contributed by atoms with Crippen molar-refractivity contribution in [3.63, 3.8) is 0 Å². The van der Waals surface area contributed by atoms with Gasteiger partial charge in [0.2, 0.25) is 9.84 Å². The highest BCUT2D eigenvalue weighted by atomic mass is 32.2. The number of ketones is 1. The van der Waals surface area contributed by atoms with Crippen molar-refractivity contribution in [3.8, 4) is 5.75 Å². The molecule has 1 aliphatic carbocycles. The number of aliphatic hydroxyl groups excluding tert-OH is 1. The van der Waals surface area contributed by atoms with Crippen LogP contribution in [-0.4, -0.2) is 39.2 Å². The average molecular weight is 321 g/mol. The standard InChI is InChI=1S/C14H11NO6S/c1-20-7-3-4-8-11(5-7)22(18,19)14-9(15-8)6-10(21-2)12(16)13(14)17/h3-6,17H,1-2H3. The molecule has 8 heteroatoms. The number of hydrogen-bond acceptors (Lipinski definition) is 7. The van der Waals surface area contributed by atoms with E-state index in [1.165, 1.54) is 32.4 Å². The fourth-order valence-corrected chi connectivity index (χ4v) is 3.87. The van der Waals surface area contributed by atoms with Crippen molar-refractivity contribution in [1.82, 2.24) is 0 Å². The van der Waals surface area contributed by atoms with Crippen LogP contribution < -0.4 is 4.74 Å². The van der Waals surface area contributed by atoms with E-state index < -0.39 is 26.3 Å². The van der Waals surface area contributed by atoms with E-state index in [0.717, 1.165) is 0 Å². The normalized spacial score (nSPS) is 18.9. The van der Waals surface area contributed by atoms with Crippen molar-refractivity contribution in [3.05, 3.63) is 40.7 Å². The van der Waals surface area contributed by atoms with Gasteiger partial charge in [0.15, 0.2) is 11.5 Å². The number of Topliss-reactive ketones (excluding diaryl/α,β-unsaturated/α-hetero) is 1.